The van der Waals surface area contributed by atoms with E-state index < -0.39 is 17.1 Å². The average molecular weight is 289 g/mol. The molecule has 0 saturated carbocycles. The molecular formula is C14H27NO5. The van der Waals surface area contributed by atoms with Gasteiger partial charge in [-0.2, -0.15) is 0 Å². The van der Waals surface area contributed by atoms with Gasteiger partial charge >= 0.3 is 5.97 Å². The molecule has 0 aliphatic rings. The summed E-state index contributed by atoms with van der Waals surface area (Å²) in [6.07, 6.45) is 0. The van der Waals surface area contributed by atoms with E-state index in [1.165, 1.54) is 0 Å². The molecule has 0 radical (unpaired) electrons. The highest BCUT2D eigenvalue weighted by molar-refractivity contribution is 5.84. The van der Waals surface area contributed by atoms with Crippen molar-refractivity contribution >= 4 is 11.9 Å². The predicted molar refractivity (Wildman–Crippen MR) is 75.1 cm³/mol. The first kappa shape index (κ1) is 18.9. The van der Waals surface area contributed by atoms with Crippen LogP contribution >= 0.6 is 0 Å². The monoisotopic (exact) mass is 289 g/mol. The third-order valence-electron chi connectivity index (χ3n) is 2.77. The molecule has 0 saturated heterocycles. The van der Waals surface area contributed by atoms with Gasteiger partial charge in [-0.05, 0) is 41.5 Å². The molecule has 0 heterocycles. The van der Waals surface area contributed by atoms with Gasteiger partial charge in [-0.3, -0.25) is 9.59 Å². The van der Waals surface area contributed by atoms with E-state index in [1.54, 1.807) is 41.5 Å². The Labute approximate surface area is 121 Å². The van der Waals surface area contributed by atoms with Crippen molar-refractivity contribution in [3.63, 3.8) is 0 Å². The zero-order valence-corrected chi connectivity index (χ0v) is 13.4. The van der Waals surface area contributed by atoms with E-state index in [-0.39, 0.29) is 12.5 Å². The summed E-state index contributed by atoms with van der Waals surface area (Å²) in [5.74, 6) is -2.10. The lowest BCUT2D eigenvalue weighted by Crippen LogP contribution is -2.51. The number of ether oxygens (including phenoxy) is 3. The van der Waals surface area contributed by atoms with Crippen LogP contribution in [0, 0.1) is 5.41 Å². The van der Waals surface area contributed by atoms with Crippen molar-refractivity contribution < 1.29 is 23.8 Å². The van der Waals surface area contributed by atoms with Crippen molar-refractivity contribution in [3.8, 4) is 0 Å². The van der Waals surface area contributed by atoms with Crippen LogP contribution in [0.1, 0.15) is 41.5 Å². The Morgan fingerprint density at radius 2 is 1.45 bits per heavy atom. The highest BCUT2D eigenvalue weighted by atomic mass is 16.7. The molecular weight excluding hydrogens is 262 g/mol. The van der Waals surface area contributed by atoms with Gasteiger partial charge in [0.2, 0.25) is 5.79 Å². The quantitative estimate of drug-likeness (QED) is 0.514. The molecule has 0 aromatic rings. The lowest BCUT2D eigenvalue weighted by atomic mass is 9.93. The first-order valence-corrected chi connectivity index (χ1v) is 6.97. The van der Waals surface area contributed by atoms with Crippen LogP contribution in [0.25, 0.3) is 0 Å². The third kappa shape index (κ3) is 5.46. The summed E-state index contributed by atoms with van der Waals surface area (Å²) >= 11 is 0. The molecule has 0 atom stereocenters. The number of esters is 1. The second-order valence-corrected chi connectivity index (χ2v) is 5.10. The van der Waals surface area contributed by atoms with Crippen LogP contribution in [0.4, 0.5) is 0 Å². The van der Waals surface area contributed by atoms with Crippen molar-refractivity contribution in [1.82, 2.24) is 5.32 Å². The van der Waals surface area contributed by atoms with Crippen molar-refractivity contribution in [2.75, 3.05) is 26.4 Å². The second kappa shape index (κ2) is 8.21. The van der Waals surface area contributed by atoms with Crippen molar-refractivity contribution in [2.45, 2.75) is 47.3 Å². The van der Waals surface area contributed by atoms with Crippen LogP contribution in [-0.4, -0.2) is 44.0 Å². The van der Waals surface area contributed by atoms with E-state index in [0.717, 1.165) is 0 Å². The van der Waals surface area contributed by atoms with Gasteiger partial charge in [0.25, 0.3) is 5.91 Å². The van der Waals surface area contributed by atoms with Crippen molar-refractivity contribution in [1.29, 1.82) is 0 Å². The standard InChI is InChI=1S/C14H27NO5/c1-7-18-12(17)13(4,5)10-15-11(16)14(6,19-8-2)20-9-3/h7-10H2,1-6H3,(H,15,16). The first-order valence-electron chi connectivity index (χ1n) is 6.97. The summed E-state index contributed by atoms with van der Waals surface area (Å²) < 4.78 is 15.7. The summed E-state index contributed by atoms with van der Waals surface area (Å²) in [6.45, 7) is 11.5. The molecule has 1 N–H and O–H groups in total. The molecule has 0 aliphatic heterocycles. The second-order valence-electron chi connectivity index (χ2n) is 5.10. The van der Waals surface area contributed by atoms with E-state index in [9.17, 15) is 9.59 Å². The number of nitrogens with one attached hydrogen (secondary N) is 1. The molecule has 6 heteroatoms. The third-order valence-corrected chi connectivity index (χ3v) is 2.77. The molecule has 0 aromatic carbocycles. The Hall–Kier alpha value is -1.14. The molecule has 20 heavy (non-hydrogen) atoms. The van der Waals surface area contributed by atoms with Crippen LogP contribution in [0.5, 0.6) is 0 Å². The van der Waals surface area contributed by atoms with Crippen LogP contribution in [0.2, 0.25) is 0 Å². The Kier molecular flexibility index (Phi) is 7.75. The Morgan fingerprint density at radius 3 is 1.85 bits per heavy atom. The molecule has 0 fully saturated rings. The highest BCUT2D eigenvalue weighted by Crippen LogP contribution is 2.18. The zero-order chi connectivity index (χ0) is 15.8. The Balaban J connectivity index is 4.62. The van der Waals surface area contributed by atoms with E-state index in [4.69, 9.17) is 14.2 Å². The highest BCUT2D eigenvalue weighted by Gasteiger charge is 2.37. The lowest BCUT2D eigenvalue weighted by Gasteiger charge is -2.30. The van der Waals surface area contributed by atoms with Crippen molar-refractivity contribution in [2.24, 2.45) is 5.41 Å². The Morgan fingerprint density at radius 1 is 0.950 bits per heavy atom. The largest absolute Gasteiger partial charge is 0.466 e. The number of amides is 1. The lowest BCUT2D eigenvalue weighted by molar-refractivity contribution is -0.219. The number of hydrogen-bond donors (Lipinski definition) is 1. The summed E-state index contributed by atoms with van der Waals surface area (Å²) in [4.78, 5) is 23.9. The average Bonchev–Trinajstić information content (AvgIpc) is 2.36. The van der Waals surface area contributed by atoms with Gasteiger partial charge in [0, 0.05) is 19.8 Å². The fourth-order valence-corrected chi connectivity index (χ4v) is 1.58. The summed E-state index contributed by atoms with van der Waals surface area (Å²) in [5, 5.41) is 2.68. The fraction of sp³-hybridized carbons (Fsp3) is 0.857. The Bertz CT molecular complexity index is 322. The normalized spacial score (nSPS) is 12.1. The smallest absolute Gasteiger partial charge is 0.313 e. The molecule has 0 unspecified atom stereocenters. The minimum absolute atomic E-state index is 0.153. The molecule has 1 amide bonds. The maximum atomic E-state index is 12.2. The van der Waals surface area contributed by atoms with Crippen molar-refractivity contribution in [3.05, 3.63) is 0 Å². The van der Waals surface area contributed by atoms with E-state index in [2.05, 4.69) is 5.32 Å². The minimum atomic E-state index is -1.34. The molecule has 0 aromatic heterocycles. The van der Waals surface area contributed by atoms with Crippen LogP contribution in [-0.2, 0) is 23.8 Å². The summed E-state index contributed by atoms with van der Waals surface area (Å²) in [7, 11) is 0. The molecule has 0 bridgehead atoms. The molecule has 6 nitrogen and oxygen atoms in total. The van der Waals surface area contributed by atoms with Gasteiger partial charge < -0.3 is 19.5 Å². The topological polar surface area (TPSA) is 73.9 Å². The van der Waals surface area contributed by atoms with Gasteiger partial charge in [0.05, 0.1) is 12.0 Å². The molecule has 0 spiro atoms. The van der Waals surface area contributed by atoms with Gasteiger partial charge in [0.1, 0.15) is 0 Å². The number of carbonyl (C=O) groups is 2. The van der Waals surface area contributed by atoms with Crippen LogP contribution < -0.4 is 5.32 Å². The number of hydrogen-bond acceptors (Lipinski definition) is 5. The molecule has 0 rings (SSSR count). The van der Waals surface area contributed by atoms with Crippen LogP contribution in [0.15, 0.2) is 0 Å². The van der Waals surface area contributed by atoms with E-state index in [0.29, 0.717) is 19.8 Å². The predicted octanol–water partition coefficient (Wildman–Crippen LogP) is 1.48. The molecule has 118 valence electrons. The maximum Gasteiger partial charge on any atom is 0.313 e. The number of carbonyl (C=O) groups excluding carboxylic acids is 2. The first-order chi connectivity index (χ1) is 9.23. The van der Waals surface area contributed by atoms with E-state index >= 15 is 0 Å². The number of rotatable bonds is 9. The zero-order valence-electron chi connectivity index (χ0n) is 13.4. The summed E-state index contributed by atoms with van der Waals surface area (Å²) in [5.41, 5.74) is -0.801. The minimum Gasteiger partial charge on any atom is -0.466 e. The summed E-state index contributed by atoms with van der Waals surface area (Å²) in [6, 6.07) is 0. The van der Waals surface area contributed by atoms with Gasteiger partial charge in [0.15, 0.2) is 0 Å². The molecule has 0 aliphatic carbocycles. The SMILES string of the molecule is CCOC(=O)C(C)(C)CNC(=O)C(C)(OCC)OCC. The van der Waals surface area contributed by atoms with Gasteiger partial charge in [-0.25, -0.2) is 0 Å². The maximum absolute atomic E-state index is 12.2. The van der Waals surface area contributed by atoms with Gasteiger partial charge in [-0.15, -0.1) is 0 Å². The van der Waals surface area contributed by atoms with E-state index in [1.807, 2.05) is 0 Å². The van der Waals surface area contributed by atoms with Crippen LogP contribution in [0.3, 0.4) is 0 Å². The van der Waals surface area contributed by atoms with Gasteiger partial charge in [-0.1, -0.05) is 0 Å². The fourth-order valence-electron chi connectivity index (χ4n) is 1.58.